The third-order valence-corrected chi connectivity index (χ3v) is 8.74. The summed E-state index contributed by atoms with van der Waals surface area (Å²) < 4.78 is 27.4. The average Bonchev–Trinajstić information content (AvgIpc) is 3.22. The van der Waals surface area contributed by atoms with Gasteiger partial charge < -0.3 is 14.8 Å². The van der Waals surface area contributed by atoms with Gasteiger partial charge in [0.25, 0.3) is 0 Å². The van der Waals surface area contributed by atoms with Gasteiger partial charge in [-0.3, -0.25) is 0 Å². The average molecular weight is 431 g/mol. The number of rotatable bonds is 5. The number of aromatic amines is 1. The van der Waals surface area contributed by atoms with Crippen molar-refractivity contribution in [3.8, 4) is 6.07 Å². The minimum absolute atomic E-state index is 0.208. The number of aromatic nitrogens is 2. The number of H-pyrrole nitrogens is 1. The van der Waals surface area contributed by atoms with E-state index in [0.29, 0.717) is 24.7 Å². The van der Waals surface area contributed by atoms with Crippen LogP contribution in [0.3, 0.4) is 0 Å². The lowest BCUT2D eigenvalue weighted by molar-refractivity contribution is 0.220. The topological polar surface area (TPSA) is 96.3 Å². The maximum Gasteiger partial charge on any atom is 0.214 e. The van der Waals surface area contributed by atoms with Gasteiger partial charge in [0.1, 0.15) is 11.7 Å². The molecule has 0 unspecified atom stereocenters. The summed E-state index contributed by atoms with van der Waals surface area (Å²) in [5.74, 6) is 0.466. The van der Waals surface area contributed by atoms with Gasteiger partial charge in [-0.05, 0) is 44.7 Å². The quantitative estimate of drug-likeness (QED) is 0.779. The molecular formula is C21H30N6O2S. The molecule has 2 aliphatic rings. The maximum atomic E-state index is 12.8. The van der Waals surface area contributed by atoms with Crippen molar-refractivity contribution in [1.29, 1.82) is 5.26 Å². The van der Waals surface area contributed by atoms with Gasteiger partial charge >= 0.3 is 0 Å². The molecule has 1 aliphatic heterocycles. The summed E-state index contributed by atoms with van der Waals surface area (Å²) in [5.41, 5.74) is 2.27. The summed E-state index contributed by atoms with van der Waals surface area (Å²) in [4.78, 5) is 11.8. The Morgan fingerprint density at radius 1 is 1.23 bits per heavy atom. The molecular weight excluding hydrogens is 400 g/mol. The Labute approximate surface area is 178 Å². The summed E-state index contributed by atoms with van der Waals surface area (Å²) in [6, 6.07) is 4.52. The number of piperazine rings is 1. The Morgan fingerprint density at radius 2 is 1.93 bits per heavy atom. The highest BCUT2D eigenvalue weighted by Gasteiger charge is 2.32. The molecule has 8 nitrogen and oxygen atoms in total. The van der Waals surface area contributed by atoms with Crippen molar-refractivity contribution in [2.75, 3.05) is 50.9 Å². The number of nitrogens with one attached hydrogen (secondary N) is 1. The summed E-state index contributed by atoms with van der Waals surface area (Å²) in [5, 5.41) is 10.5. The number of hydrogen-bond acceptors (Lipinski definition) is 6. The van der Waals surface area contributed by atoms with E-state index in [1.54, 1.807) is 10.5 Å². The Hall–Kier alpha value is -2.15. The highest BCUT2D eigenvalue weighted by molar-refractivity contribution is 7.89. The van der Waals surface area contributed by atoms with Crippen LogP contribution >= 0.6 is 0 Å². The first kappa shape index (κ1) is 21.1. The third kappa shape index (κ3) is 4.17. The lowest BCUT2D eigenvalue weighted by Crippen LogP contribution is -2.48. The van der Waals surface area contributed by atoms with E-state index in [0.717, 1.165) is 55.5 Å². The first-order chi connectivity index (χ1) is 14.4. The molecule has 0 bridgehead atoms. The second-order valence-corrected chi connectivity index (χ2v) is 10.7. The molecule has 30 heavy (non-hydrogen) atoms. The van der Waals surface area contributed by atoms with Crippen LogP contribution in [0.1, 0.15) is 31.2 Å². The molecule has 2 fully saturated rings. The minimum Gasteiger partial charge on any atom is -0.370 e. The van der Waals surface area contributed by atoms with E-state index in [1.165, 1.54) is 0 Å². The molecule has 1 N–H and O–H groups in total. The number of fused-ring (bicyclic) bond motifs is 1. The number of nitrogens with zero attached hydrogens (tertiary/aromatic N) is 5. The van der Waals surface area contributed by atoms with Gasteiger partial charge in [0.15, 0.2) is 0 Å². The van der Waals surface area contributed by atoms with E-state index in [1.807, 2.05) is 26.4 Å². The Bertz CT molecular complexity index is 1030. The number of nitriles is 1. The van der Waals surface area contributed by atoms with Gasteiger partial charge in [-0.1, -0.05) is 0 Å². The van der Waals surface area contributed by atoms with E-state index in [4.69, 9.17) is 0 Å². The predicted molar refractivity (Wildman–Crippen MR) is 118 cm³/mol. The van der Waals surface area contributed by atoms with Crippen LogP contribution in [0.15, 0.2) is 18.5 Å². The van der Waals surface area contributed by atoms with Crippen LogP contribution in [0.4, 0.5) is 5.69 Å². The van der Waals surface area contributed by atoms with Gasteiger partial charge in [-0.2, -0.15) is 9.57 Å². The molecule has 0 atom stereocenters. The van der Waals surface area contributed by atoms with E-state index in [-0.39, 0.29) is 11.7 Å². The molecule has 162 valence electrons. The smallest absolute Gasteiger partial charge is 0.214 e. The largest absolute Gasteiger partial charge is 0.370 e. The fourth-order valence-electron chi connectivity index (χ4n) is 4.81. The van der Waals surface area contributed by atoms with Crippen LogP contribution < -0.4 is 4.90 Å². The minimum atomic E-state index is -3.19. The second-order valence-electron chi connectivity index (χ2n) is 8.64. The molecule has 1 saturated carbocycles. The van der Waals surface area contributed by atoms with Crippen molar-refractivity contribution < 1.29 is 8.42 Å². The zero-order valence-corrected chi connectivity index (χ0v) is 18.5. The maximum absolute atomic E-state index is 12.8. The van der Waals surface area contributed by atoms with Gasteiger partial charge in [-0.25, -0.2) is 13.4 Å². The van der Waals surface area contributed by atoms with Gasteiger partial charge in [0.05, 0.1) is 17.0 Å². The Morgan fingerprint density at radius 3 is 2.60 bits per heavy atom. The Balaban J connectivity index is 1.40. The van der Waals surface area contributed by atoms with Crippen molar-refractivity contribution in [3.05, 3.63) is 24.0 Å². The number of hydrogen-bond donors (Lipinski definition) is 1. The van der Waals surface area contributed by atoms with E-state index >= 15 is 0 Å². The molecule has 0 spiro atoms. The number of likely N-dealkylation sites (N-methyl/N-ethyl adjacent to an activating group) is 1. The molecule has 0 amide bonds. The van der Waals surface area contributed by atoms with Crippen LogP contribution in [0, 0.1) is 17.2 Å². The fraction of sp³-hybridized carbons (Fsp3) is 0.619. The number of sulfonamides is 1. The van der Waals surface area contributed by atoms with Gasteiger partial charge in [0, 0.05) is 57.0 Å². The lowest BCUT2D eigenvalue weighted by atomic mass is 9.86. The number of pyridine rings is 1. The van der Waals surface area contributed by atoms with Crippen LogP contribution in [0.25, 0.3) is 11.0 Å². The summed E-state index contributed by atoms with van der Waals surface area (Å²) in [7, 11) is 0.877. The van der Waals surface area contributed by atoms with Gasteiger partial charge in [0.2, 0.25) is 10.0 Å². The molecule has 0 aromatic carbocycles. The van der Waals surface area contributed by atoms with E-state index in [2.05, 4.69) is 25.8 Å². The molecule has 1 saturated heterocycles. The van der Waals surface area contributed by atoms with Crippen molar-refractivity contribution in [2.45, 2.75) is 31.7 Å². The summed E-state index contributed by atoms with van der Waals surface area (Å²) >= 11 is 0. The van der Waals surface area contributed by atoms with Crippen molar-refractivity contribution in [2.24, 2.45) is 5.92 Å². The second kappa shape index (κ2) is 8.53. The van der Waals surface area contributed by atoms with Crippen LogP contribution in [0.2, 0.25) is 0 Å². The fourth-order valence-corrected chi connectivity index (χ4v) is 6.67. The molecule has 1 aliphatic carbocycles. The normalized spacial score (nSPS) is 24.0. The first-order valence-corrected chi connectivity index (χ1v) is 12.3. The SMILES string of the molecule is CN1CCN(S(=O)(=O)C[C@H]2CC[C@H](N(C)c3c(C#N)cnc4[nH]ccc34)CC2)CC1. The first-order valence-electron chi connectivity index (χ1n) is 10.6. The molecule has 0 radical (unpaired) electrons. The molecule has 2 aromatic heterocycles. The zero-order chi connectivity index (χ0) is 21.3. The van der Waals surface area contributed by atoms with Gasteiger partial charge in [-0.15, -0.1) is 0 Å². The molecule has 2 aromatic rings. The predicted octanol–water partition coefficient (Wildman–Crippen LogP) is 2.01. The number of anilines is 1. The third-order valence-electron chi connectivity index (χ3n) is 6.70. The van der Waals surface area contributed by atoms with Crippen LogP contribution in [-0.2, 0) is 10.0 Å². The monoisotopic (exact) mass is 430 g/mol. The molecule has 4 rings (SSSR count). The standard InChI is InChI=1S/C21H30N6O2S/c1-25-9-11-27(12-10-25)30(28,29)15-16-3-5-18(6-4-16)26(2)20-17(13-22)14-24-21-19(20)7-8-23-21/h7-8,14,16,18H,3-6,9-12,15H2,1-2H3,(H,23,24)/t16-,18-. The zero-order valence-electron chi connectivity index (χ0n) is 17.7. The van der Waals surface area contributed by atoms with Crippen molar-refractivity contribution in [1.82, 2.24) is 19.2 Å². The lowest BCUT2D eigenvalue weighted by Gasteiger charge is -2.37. The molecule has 3 heterocycles. The van der Waals surface area contributed by atoms with E-state index < -0.39 is 10.0 Å². The Kier molecular flexibility index (Phi) is 6.00. The van der Waals surface area contributed by atoms with Crippen molar-refractivity contribution >= 4 is 26.7 Å². The highest BCUT2D eigenvalue weighted by atomic mass is 32.2. The van der Waals surface area contributed by atoms with Crippen molar-refractivity contribution in [3.63, 3.8) is 0 Å². The van der Waals surface area contributed by atoms with E-state index in [9.17, 15) is 13.7 Å². The van der Waals surface area contributed by atoms with Crippen LogP contribution in [-0.4, -0.2) is 79.7 Å². The highest BCUT2D eigenvalue weighted by Crippen LogP contribution is 2.35. The van der Waals surface area contributed by atoms with Crippen LogP contribution in [0.5, 0.6) is 0 Å². The summed E-state index contributed by atoms with van der Waals surface area (Å²) in [6.07, 6.45) is 7.11. The summed E-state index contributed by atoms with van der Waals surface area (Å²) in [6.45, 7) is 2.81. The molecule has 9 heteroatoms.